The molecule has 0 heterocycles. The van der Waals surface area contributed by atoms with Crippen LogP contribution in [0.5, 0.6) is 17.2 Å². The fourth-order valence-corrected chi connectivity index (χ4v) is 3.68. The summed E-state index contributed by atoms with van der Waals surface area (Å²) < 4.78 is 45.2. The van der Waals surface area contributed by atoms with E-state index in [9.17, 15) is 8.42 Å². The third kappa shape index (κ3) is 4.60. The second-order valence-electron chi connectivity index (χ2n) is 5.47. The average molecular weight is 379 g/mol. The molecule has 0 saturated carbocycles. The number of para-hydroxylation sites is 2. The minimum Gasteiger partial charge on any atom is -0.494 e. The van der Waals surface area contributed by atoms with Crippen LogP contribution in [0.4, 0.5) is 5.69 Å². The summed E-state index contributed by atoms with van der Waals surface area (Å²) in [5.41, 5.74) is 1.18. The molecule has 0 atom stereocenters. The zero-order valence-electron chi connectivity index (χ0n) is 15.5. The van der Waals surface area contributed by atoms with Gasteiger partial charge in [-0.15, -0.1) is 0 Å². The van der Waals surface area contributed by atoms with E-state index in [4.69, 9.17) is 14.2 Å². The molecule has 0 bridgehead atoms. The molecule has 7 heteroatoms. The highest BCUT2D eigenvalue weighted by atomic mass is 32.2. The Morgan fingerprint density at radius 1 is 0.846 bits per heavy atom. The lowest BCUT2D eigenvalue weighted by Crippen LogP contribution is -2.16. The van der Waals surface area contributed by atoms with E-state index in [0.717, 1.165) is 5.56 Å². The van der Waals surface area contributed by atoms with Crippen LogP contribution in [0.1, 0.15) is 26.3 Å². The molecule has 6 nitrogen and oxygen atoms in total. The van der Waals surface area contributed by atoms with Crippen LogP contribution in [0.25, 0.3) is 0 Å². The number of hydrogen-bond acceptors (Lipinski definition) is 5. The fraction of sp³-hybridized carbons (Fsp3) is 0.368. The van der Waals surface area contributed by atoms with Gasteiger partial charge in [0.2, 0.25) is 0 Å². The Labute approximate surface area is 155 Å². The monoisotopic (exact) mass is 379 g/mol. The van der Waals surface area contributed by atoms with Crippen LogP contribution >= 0.6 is 0 Å². The molecule has 0 amide bonds. The molecule has 0 unspecified atom stereocenters. The Morgan fingerprint density at radius 3 is 2.08 bits per heavy atom. The Balaban J connectivity index is 2.49. The first-order valence-corrected chi connectivity index (χ1v) is 10.1. The Hall–Kier alpha value is -2.41. The summed E-state index contributed by atoms with van der Waals surface area (Å²) in [7, 11) is -3.90. The fourth-order valence-electron chi connectivity index (χ4n) is 2.46. The lowest BCUT2D eigenvalue weighted by molar-refractivity contribution is 0.321. The van der Waals surface area contributed by atoms with Gasteiger partial charge in [-0.1, -0.05) is 12.1 Å². The SMILES string of the molecule is CCOc1cc(S(=O)(=O)Nc2ccccc2OCC)c(OCC)cc1C. The zero-order valence-corrected chi connectivity index (χ0v) is 16.4. The zero-order chi connectivity index (χ0) is 19.2. The van der Waals surface area contributed by atoms with Crippen LogP contribution in [-0.4, -0.2) is 28.2 Å². The molecule has 0 spiro atoms. The molecular formula is C19H25NO5S. The molecule has 26 heavy (non-hydrogen) atoms. The Bertz CT molecular complexity index is 849. The van der Waals surface area contributed by atoms with Gasteiger partial charge in [-0.3, -0.25) is 4.72 Å². The molecule has 2 aromatic carbocycles. The van der Waals surface area contributed by atoms with Gasteiger partial charge in [0.25, 0.3) is 10.0 Å². The van der Waals surface area contributed by atoms with Crippen LogP contribution in [0.3, 0.4) is 0 Å². The number of hydrogen-bond donors (Lipinski definition) is 1. The van der Waals surface area contributed by atoms with E-state index in [0.29, 0.717) is 37.0 Å². The third-order valence-electron chi connectivity index (χ3n) is 3.56. The molecule has 0 aliphatic rings. The number of nitrogens with one attached hydrogen (secondary N) is 1. The van der Waals surface area contributed by atoms with Crippen molar-refractivity contribution in [1.29, 1.82) is 0 Å². The second-order valence-corrected chi connectivity index (χ2v) is 7.12. The first-order chi connectivity index (χ1) is 12.4. The maximum absolute atomic E-state index is 13.0. The summed E-state index contributed by atoms with van der Waals surface area (Å²) in [6, 6.07) is 10.1. The van der Waals surface area contributed by atoms with Gasteiger partial charge in [-0.25, -0.2) is 8.42 Å². The van der Waals surface area contributed by atoms with E-state index in [2.05, 4.69) is 4.72 Å². The molecule has 1 N–H and O–H groups in total. The van der Waals surface area contributed by atoms with Gasteiger partial charge in [-0.2, -0.15) is 0 Å². The molecule has 0 aromatic heterocycles. The summed E-state index contributed by atoms with van der Waals surface area (Å²) >= 11 is 0. The van der Waals surface area contributed by atoms with Crippen molar-refractivity contribution < 1.29 is 22.6 Å². The van der Waals surface area contributed by atoms with Crippen LogP contribution < -0.4 is 18.9 Å². The molecule has 0 aliphatic carbocycles. The van der Waals surface area contributed by atoms with E-state index in [1.54, 1.807) is 37.3 Å². The standard InChI is InChI=1S/C19H25NO5S/c1-5-23-16-11-9-8-10-15(16)20-26(21,22)19-13-17(24-6-2)14(4)12-18(19)25-7-3/h8-13,20H,5-7H2,1-4H3. The van der Waals surface area contributed by atoms with Gasteiger partial charge in [0.05, 0.1) is 25.5 Å². The Morgan fingerprint density at radius 2 is 1.42 bits per heavy atom. The number of anilines is 1. The van der Waals surface area contributed by atoms with Crippen LogP contribution in [0.2, 0.25) is 0 Å². The van der Waals surface area contributed by atoms with E-state index >= 15 is 0 Å². The summed E-state index contributed by atoms with van der Waals surface area (Å²) in [6.45, 7) is 8.57. The van der Waals surface area contributed by atoms with Gasteiger partial charge < -0.3 is 14.2 Å². The van der Waals surface area contributed by atoms with E-state index < -0.39 is 10.0 Å². The van der Waals surface area contributed by atoms with E-state index in [-0.39, 0.29) is 10.6 Å². The molecule has 0 aliphatic heterocycles. The molecule has 142 valence electrons. The number of sulfonamides is 1. The number of benzene rings is 2. The molecule has 2 rings (SSSR count). The van der Waals surface area contributed by atoms with Crippen molar-refractivity contribution in [3.8, 4) is 17.2 Å². The molecular weight excluding hydrogens is 354 g/mol. The van der Waals surface area contributed by atoms with Gasteiger partial charge >= 0.3 is 0 Å². The van der Waals surface area contributed by atoms with Crippen molar-refractivity contribution in [3.05, 3.63) is 42.0 Å². The van der Waals surface area contributed by atoms with Gasteiger partial charge in [0.15, 0.2) is 0 Å². The normalized spacial score (nSPS) is 11.1. The maximum atomic E-state index is 13.0. The number of aryl methyl sites for hydroxylation is 1. The number of ether oxygens (including phenoxy) is 3. The van der Waals surface area contributed by atoms with Crippen molar-refractivity contribution in [2.45, 2.75) is 32.6 Å². The molecule has 0 fully saturated rings. The highest BCUT2D eigenvalue weighted by Gasteiger charge is 2.23. The van der Waals surface area contributed by atoms with Gasteiger partial charge in [0.1, 0.15) is 22.1 Å². The van der Waals surface area contributed by atoms with E-state index in [1.165, 1.54) is 6.07 Å². The summed E-state index contributed by atoms with van der Waals surface area (Å²) in [4.78, 5) is 0.0275. The maximum Gasteiger partial charge on any atom is 0.265 e. The van der Waals surface area contributed by atoms with Crippen LogP contribution in [0.15, 0.2) is 41.3 Å². The van der Waals surface area contributed by atoms with Crippen molar-refractivity contribution in [1.82, 2.24) is 0 Å². The predicted octanol–water partition coefficient (Wildman–Crippen LogP) is 3.99. The van der Waals surface area contributed by atoms with Gasteiger partial charge in [0, 0.05) is 6.07 Å². The van der Waals surface area contributed by atoms with Crippen molar-refractivity contribution in [2.24, 2.45) is 0 Å². The number of rotatable bonds is 9. The third-order valence-corrected chi connectivity index (χ3v) is 4.95. The summed E-state index contributed by atoms with van der Waals surface area (Å²) in [5, 5.41) is 0. The van der Waals surface area contributed by atoms with Crippen molar-refractivity contribution in [3.63, 3.8) is 0 Å². The minimum absolute atomic E-state index is 0.0275. The molecule has 2 aromatic rings. The first-order valence-electron chi connectivity index (χ1n) is 8.57. The van der Waals surface area contributed by atoms with E-state index in [1.807, 2.05) is 20.8 Å². The Kier molecular flexibility index (Phi) is 6.74. The quantitative estimate of drug-likeness (QED) is 0.713. The topological polar surface area (TPSA) is 73.9 Å². The first kappa shape index (κ1) is 19.9. The average Bonchev–Trinajstić information content (AvgIpc) is 2.59. The molecule has 0 radical (unpaired) electrons. The van der Waals surface area contributed by atoms with Crippen molar-refractivity contribution in [2.75, 3.05) is 24.5 Å². The lowest BCUT2D eigenvalue weighted by atomic mass is 10.2. The summed E-state index contributed by atoms with van der Waals surface area (Å²) in [5.74, 6) is 1.26. The van der Waals surface area contributed by atoms with Gasteiger partial charge in [-0.05, 0) is 51.5 Å². The largest absolute Gasteiger partial charge is 0.494 e. The van der Waals surface area contributed by atoms with Crippen LogP contribution in [-0.2, 0) is 10.0 Å². The second kappa shape index (κ2) is 8.80. The smallest absolute Gasteiger partial charge is 0.265 e. The minimum atomic E-state index is -3.90. The lowest BCUT2D eigenvalue weighted by Gasteiger charge is -2.17. The highest BCUT2D eigenvalue weighted by Crippen LogP contribution is 2.34. The summed E-state index contributed by atoms with van der Waals surface area (Å²) in [6.07, 6.45) is 0. The van der Waals surface area contributed by atoms with Crippen molar-refractivity contribution >= 4 is 15.7 Å². The molecule has 0 saturated heterocycles. The van der Waals surface area contributed by atoms with Crippen LogP contribution in [0, 0.1) is 6.92 Å². The highest BCUT2D eigenvalue weighted by molar-refractivity contribution is 7.92. The predicted molar refractivity (Wildman–Crippen MR) is 102 cm³/mol.